The van der Waals surface area contributed by atoms with Crippen molar-refractivity contribution in [2.45, 2.75) is 4.90 Å². The van der Waals surface area contributed by atoms with Gasteiger partial charge in [-0.3, -0.25) is 4.79 Å². The van der Waals surface area contributed by atoms with Gasteiger partial charge in [0, 0.05) is 40.8 Å². The Kier molecular flexibility index (Phi) is 4.57. The molecule has 0 aliphatic rings. The van der Waals surface area contributed by atoms with E-state index in [-0.39, 0.29) is 5.91 Å². The molecule has 0 aliphatic heterocycles. The summed E-state index contributed by atoms with van der Waals surface area (Å²) < 4.78 is 7.24. The number of methoxy groups -OCH3 is 1. The maximum atomic E-state index is 12.1. The highest BCUT2D eigenvalue weighted by atomic mass is 32.2. The first-order chi connectivity index (χ1) is 11.2. The van der Waals surface area contributed by atoms with Crippen molar-refractivity contribution in [1.29, 1.82) is 0 Å². The topological polar surface area (TPSA) is 43.3 Å². The molecule has 0 unspecified atom stereocenters. The zero-order valence-corrected chi connectivity index (χ0v) is 13.9. The number of thioether (sulfide) groups is 1. The van der Waals surface area contributed by atoms with Crippen molar-refractivity contribution >= 4 is 34.3 Å². The number of nitrogens with zero attached hydrogens (tertiary/aromatic N) is 1. The molecule has 0 fully saturated rings. The largest absolute Gasteiger partial charge is 0.497 e. The number of anilines is 1. The van der Waals surface area contributed by atoms with Crippen LogP contribution in [0.3, 0.4) is 0 Å². The number of hydrogen-bond acceptors (Lipinski definition) is 3. The van der Waals surface area contributed by atoms with Crippen molar-refractivity contribution in [3.63, 3.8) is 0 Å². The van der Waals surface area contributed by atoms with Crippen molar-refractivity contribution in [2.24, 2.45) is 7.05 Å². The molecule has 0 atom stereocenters. The summed E-state index contributed by atoms with van der Waals surface area (Å²) in [6, 6.07) is 15.6. The first-order valence-electron chi connectivity index (χ1n) is 7.28. The molecule has 2 aromatic carbocycles. The Morgan fingerprint density at radius 2 is 2.04 bits per heavy atom. The lowest BCUT2D eigenvalue weighted by Crippen LogP contribution is -2.13. The van der Waals surface area contributed by atoms with E-state index in [0.717, 1.165) is 16.3 Å². The number of fused-ring (bicyclic) bond motifs is 1. The molecular formula is C18H18N2O2S. The second kappa shape index (κ2) is 6.79. The van der Waals surface area contributed by atoms with E-state index in [1.54, 1.807) is 24.9 Å². The number of carbonyl (C=O) groups is 1. The lowest BCUT2D eigenvalue weighted by atomic mass is 10.2. The molecule has 3 rings (SSSR count). The summed E-state index contributed by atoms with van der Waals surface area (Å²) in [6.45, 7) is 0. The number of hydrogen-bond donors (Lipinski definition) is 1. The summed E-state index contributed by atoms with van der Waals surface area (Å²) in [5.74, 6) is 1.06. The number of ether oxygens (including phenoxy) is 1. The molecule has 118 valence electrons. The van der Waals surface area contributed by atoms with E-state index < -0.39 is 0 Å². The lowest BCUT2D eigenvalue weighted by Gasteiger charge is -2.06. The van der Waals surface area contributed by atoms with Gasteiger partial charge in [0.15, 0.2) is 0 Å². The summed E-state index contributed by atoms with van der Waals surface area (Å²) in [5.41, 5.74) is 1.91. The maximum Gasteiger partial charge on any atom is 0.234 e. The van der Waals surface area contributed by atoms with Gasteiger partial charge in [0.05, 0.1) is 12.9 Å². The van der Waals surface area contributed by atoms with Crippen molar-refractivity contribution < 1.29 is 9.53 Å². The van der Waals surface area contributed by atoms with Crippen molar-refractivity contribution in [2.75, 3.05) is 18.2 Å². The number of rotatable bonds is 5. The summed E-state index contributed by atoms with van der Waals surface area (Å²) in [4.78, 5) is 13.3. The Morgan fingerprint density at radius 1 is 1.22 bits per heavy atom. The summed E-state index contributed by atoms with van der Waals surface area (Å²) in [5, 5.41) is 4.07. The molecule has 1 aromatic heterocycles. The zero-order chi connectivity index (χ0) is 16.2. The van der Waals surface area contributed by atoms with Crippen molar-refractivity contribution in [3.05, 3.63) is 54.7 Å². The Bertz CT molecular complexity index is 842. The number of aryl methyl sites for hydroxylation is 1. The average Bonchev–Trinajstić information content (AvgIpc) is 2.90. The molecule has 1 N–H and O–H groups in total. The predicted molar refractivity (Wildman–Crippen MR) is 95.3 cm³/mol. The molecule has 0 spiro atoms. The monoisotopic (exact) mass is 326 g/mol. The predicted octanol–water partition coefficient (Wildman–Crippen LogP) is 3.92. The van der Waals surface area contributed by atoms with Crippen LogP contribution in [0.15, 0.2) is 59.6 Å². The van der Waals surface area contributed by atoms with Crippen LogP contribution in [0.25, 0.3) is 10.9 Å². The van der Waals surface area contributed by atoms with Crippen LogP contribution in [0.2, 0.25) is 0 Å². The van der Waals surface area contributed by atoms with Crippen LogP contribution < -0.4 is 10.1 Å². The van der Waals surface area contributed by atoms with Gasteiger partial charge in [-0.2, -0.15) is 0 Å². The molecule has 1 heterocycles. The molecular weight excluding hydrogens is 308 g/mol. The SMILES string of the molecule is COc1cccc(NC(=O)CSc2cn(C)c3ccccc23)c1. The van der Waals surface area contributed by atoms with Crippen LogP contribution in [0.5, 0.6) is 5.75 Å². The van der Waals surface area contributed by atoms with Crippen LogP contribution in [-0.2, 0) is 11.8 Å². The number of para-hydroxylation sites is 1. The van der Waals surface area contributed by atoms with Gasteiger partial charge in [0.1, 0.15) is 5.75 Å². The van der Waals surface area contributed by atoms with Gasteiger partial charge in [-0.05, 0) is 18.2 Å². The fourth-order valence-corrected chi connectivity index (χ4v) is 3.38. The Morgan fingerprint density at radius 3 is 2.87 bits per heavy atom. The van der Waals surface area contributed by atoms with E-state index in [1.165, 1.54) is 10.9 Å². The average molecular weight is 326 g/mol. The lowest BCUT2D eigenvalue weighted by molar-refractivity contribution is -0.113. The molecule has 0 saturated heterocycles. The first kappa shape index (κ1) is 15.5. The van der Waals surface area contributed by atoms with Crippen LogP contribution >= 0.6 is 11.8 Å². The number of carbonyl (C=O) groups excluding carboxylic acids is 1. The Labute approximate surface area is 139 Å². The van der Waals surface area contributed by atoms with Crippen LogP contribution in [0.4, 0.5) is 5.69 Å². The maximum absolute atomic E-state index is 12.1. The minimum Gasteiger partial charge on any atom is -0.497 e. The summed E-state index contributed by atoms with van der Waals surface area (Å²) in [6.07, 6.45) is 2.06. The number of aromatic nitrogens is 1. The quantitative estimate of drug-likeness (QED) is 0.723. The fraction of sp³-hybridized carbons (Fsp3) is 0.167. The van der Waals surface area contributed by atoms with Crippen LogP contribution in [-0.4, -0.2) is 23.3 Å². The Balaban J connectivity index is 1.66. The van der Waals surface area contributed by atoms with Crippen molar-refractivity contribution in [1.82, 2.24) is 4.57 Å². The van der Waals surface area contributed by atoms with Gasteiger partial charge in [-0.15, -0.1) is 11.8 Å². The van der Waals surface area contributed by atoms with Gasteiger partial charge < -0.3 is 14.6 Å². The highest BCUT2D eigenvalue weighted by molar-refractivity contribution is 8.00. The molecule has 3 aromatic rings. The van der Waals surface area contributed by atoms with Gasteiger partial charge in [-0.25, -0.2) is 0 Å². The van der Waals surface area contributed by atoms with Gasteiger partial charge in [-0.1, -0.05) is 24.3 Å². The molecule has 0 radical (unpaired) electrons. The highest BCUT2D eigenvalue weighted by Crippen LogP contribution is 2.29. The van der Waals surface area contributed by atoms with E-state index in [0.29, 0.717) is 5.75 Å². The second-order valence-corrected chi connectivity index (χ2v) is 6.21. The molecule has 0 bridgehead atoms. The van der Waals surface area contributed by atoms with Gasteiger partial charge >= 0.3 is 0 Å². The minimum absolute atomic E-state index is 0.0313. The van der Waals surface area contributed by atoms with E-state index >= 15 is 0 Å². The van der Waals surface area contributed by atoms with Gasteiger partial charge in [0.25, 0.3) is 0 Å². The van der Waals surface area contributed by atoms with Crippen LogP contribution in [0.1, 0.15) is 0 Å². The van der Waals surface area contributed by atoms with E-state index in [2.05, 4.69) is 28.2 Å². The number of amides is 1. The third kappa shape index (κ3) is 3.51. The zero-order valence-electron chi connectivity index (χ0n) is 13.1. The molecule has 23 heavy (non-hydrogen) atoms. The van der Waals surface area contributed by atoms with E-state index in [9.17, 15) is 4.79 Å². The molecule has 0 saturated carbocycles. The number of benzene rings is 2. The van der Waals surface area contributed by atoms with Crippen LogP contribution in [0, 0.1) is 0 Å². The third-order valence-electron chi connectivity index (χ3n) is 3.57. The standard InChI is InChI=1S/C18H18N2O2S/c1-20-11-17(15-8-3-4-9-16(15)20)23-12-18(21)19-13-6-5-7-14(10-13)22-2/h3-11H,12H2,1-2H3,(H,19,21). The van der Waals surface area contributed by atoms with E-state index in [1.807, 2.05) is 37.4 Å². The highest BCUT2D eigenvalue weighted by Gasteiger charge is 2.09. The molecule has 4 nitrogen and oxygen atoms in total. The molecule has 1 amide bonds. The van der Waals surface area contributed by atoms with E-state index in [4.69, 9.17) is 4.74 Å². The fourth-order valence-electron chi connectivity index (χ4n) is 2.46. The third-order valence-corrected chi connectivity index (χ3v) is 4.62. The normalized spacial score (nSPS) is 10.7. The van der Waals surface area contributed by atoms with Crippen molar-refractivity contribution in [3.8, 4) is 5.75 Å². The smallest absolute Gasteiger partial charge is 0.234 e. The Hall–Kier alpha value is -2.40. The minimum atomic E-state index is -0.0313. The summed E-state index contributed by atoms with van der Waals surface area (Å²) in [7, 11) is 3.63. The number of nitrogens with one attached hydrogen (secondary N) is 1. The molecule has 0 aliphatic carbocycles. The molecule has 5 heteroatoms. The summed E-state index contributed by atoms with van der Waals surface area (Å²) >= 11 is 1.54. The van der Waals surface area contributed by atoms with Gasteiger partial charge in [0.2, 0.25) is 5.91 Å². The first-order valence-corrected chi connectivity index (χ1v) is 8.26. The second-order valence-electron chi connectivity index (χ2n) is 5.19.